The van der Waals surface area contributed by atoms with Gasteiger partial charge in [-0.1, -0.05) is 68.7 Å². The number of hydrogen-bond donors (Lipinski definition) is 2. The van der Waals surface area contributed by atoms with Gasteiger partial charge in [0.2, 0.25) is 0 Å². The lowest BCUT2D eigenvalue weighted by Gasteiger charge is -2.22. The van der Waals surface area contributed by atoms with Crippen molar-refractivity contribution in [1.82, 2.24) is 0 Å². The van der Waals surface area contributed by atoms with Gasteiger partial charge in [0.05, 0.1) is 6.61 Å². The molecule has 1 saturated carbocycles. The fourth-order valence-corrected chi connectivity index (χ4v) is 3.69. The van der Waals surface area contributed by atoms with Gasteiger partial charge in [-0.15, -0.1) is 0 Å². The summed E-state index contributed by atoms with van der Waals surface area (Å²) in [6.07, 6.45) is 11.4. The first kappa shape index (κ1) is 23.6. The molecule has 0 heterocycles. The standard InChI is InChI=1S/C20H24O.C7H14N2/c1-2-21-20-14-12-19(13-15-20)18-10-8-17(9-11-18)16-6-4-3-5-7-16;1-3-6(8)5-7(9)4-2/h8-16H,2-7H2,1H3;3,5H,4,8-9H2,1-2H3/b;6-3+,7-5+. The van der Waals surface area contributed by atoms with Crippen LogP contribution in [0.25, 0.3) is 11.1 Å². The van der Waals surface area contributed by atoms with Crippen molar-refractivity contribution >= 4 is 0 Å². The predicted molar refractivity (Wildman–Crippen MR) is 129 cm³/mol. The van der Waals surface area contributed by atoms with E-state index in [1.807, 2.05) is 39.0 Å². The maximum Gasteiger partial charge on any atom is 0.119 e. The normalized spacial score (nSPS) is 15.3. The molecule has 30 heavy (non-hydrogen) atoms. The van der Waals surface area contributed by atoms with Crippen LogP contribution in [0.2, 0.25) is 0 Å². The Hall–Kier alpha value is -2.68. The van der Waals surface area contributed by atoms with Crippen molar-refractivity contribution in [1.29, 1.82) is 0 Å². The third-order valence-corrected chi connectivity index (χ3v) is 5.58. The number of nitrogens with two attached hydrogens (primary N) is 2. The van der Waals surface area contributed by atoms with Crippen molar-refractivity contribution in [2.45, 2.75) is 65.2 Å². The van der Waals surface area contributed by atoms with Crippen LogP contribution >= 0.6 is 0 Å². The van der Waals surface area contributed by atoms with E-state index >= 15 is 0 Å². The van der Waals surface area contributed by atoms with Crippen molar-refractivity contribution in [2.75, 3.05) is 6.61 Å². The lowest BCUT2D eigenvalue weighted by Crippen LogP contribution is -2.04. The van der Waals surface area contributed by atoms with Crippen LogP contribution in [0.1, 0.15) is 70.8 Å². The Labute approximate surface area is 182 Å². The molecule has 0 aliphatic heterocycles. The molecule has 2 aromatic carbocycles. The first-order valence-electron chi connectivity index (χ1n) is 11.3. The second-order valence-corrected chi connectivity index (χ2v) is 7.78. The van der Waals surface area contributed by atoms with Gasteiger partial charge in [-0.2, -0.15) is 0 Å². The average Bonchev–Trinajstić information content (AvgIpc) is 2.81. The number of hydrogen-bond acceptors (Lipinski definition) is 3. The SMILES string of the molecule is C/C=C(N)\C=C(\N)CC.CCOc1ccc(-c2ccc(C3CCCCC3)cc2)cc1. The summed E-state index contributed by atoms with van der Waals surface area (Å²) in [5, 5.41) is 0. The Morgan fingerprint density at radius 3 is 1.97 bits per heavy atom. The molecule has 0 amide bonds. The highest BCUT2D eigenvalue weighted by Crippen LogP contribution is 2.33. The van der Waals surface area contributed by atoms with Gasteiger partial charge < -0.3 is 16.2 Å². The summed E-state index contributed by atoms with van der Waals surface area (Å²) in [6.45, 7) is 6.61. The molecular weight excluding hydrogens is 368 g/mol. The molecule has 0 radical (unpaired) electrons. The Kier molecular flexibility index (Phi) is 10.1. The summed E-state index contributed by atoms with van der Waals surface area (Å²) in [4.78, 5) is 0. The second-order valence-electron chi connectivity index (χ2n) is 7.78. The van der Waals surface area contributed by atoms with E-state index in [0.717, 1.165) is 36.1 Å². The van der Waals surface area contributed by atoms with Crippen molar-refractivity contribution in [3.05, 3.63) is 77.6 Å². The van der Waals surface area contributed by atoms with Gasteiger partial charge in [0.1, 0.15) is 5.75 Å². The van der Waals surface area contributed by atoms with Crippen molar-refractivity contribution in [3.8, 4) is 16.9 Å². The molecule has 3 rings (SSSR count). The number of allylic oxidation sites excluding steroid dienone is 3. The van der Waals surface area contributed by atoms with Crippen LogP contribution in [0.5, 0.6) is 5.75 Å². The lowest BCUT2D eigenvalue weighted by atomic mass is 9.84. The van der Waals surface area contributed by atoms with Gasteiger partial charge in [0, 0.05) is 11.4 Å². The summed E-state index contributed by atoms with van der Waals surface area (Å²) >= 11 is 0. The van der Waals surface area contributed by atoms with E-state index in [1.165, 1.54) is 48.8 Å². The van der Waals surface area contributed by atoms with E-state index in [1.54, 1.807) is 6.08 Å². The minimum atomic E-state index is 0.718. The van der Waals surface area contributed by atoms with E-state index in [2.05, 4.69) is 36.4 Å². The third kappa shape index (κ3) is 7.62. The van der Waals surface area contributed by atoms with Crippen LogP contribution in [0.15, 0.2) is 72.1 Å². The van der Waals surface area contributed by atoms with Gasteiger partial charge in [-0.25, -0.2) is 0 Å². The molecule has 0 aromatic heterocycles. The molecule has 0 atom stereocenters. The van der Waals surface area contributed by atoms with Crippen LogP contribution in [-0.4, -0.2) is 6.61 Å². The Morgan fingerprint density at radius 2 is 1.47 bits per heavy atom. The highest BCUT2D eigenvalue weighted by Gasteiger charge is 2.15. The molecular formula is C27H38N2O. The van der Waals surface area contributed by atoms with E-state index in [4.69, 9.17) is 16.2 Å². The second kappa shape index (κ2) is 12.8. The fourth-order valence-electron chi connectivity index (χ4n) is 3.69. The van der Waals surface area contributed by atoms with E-state index < -0.39 is 0 Å². The minimum absolute atomic E-state index is 0.718. The summed E-state index contributed by atoms with van der Waals surface area (Å²) < 4.78 is 5.50. The van der Waals surface area contributed by atoms with Crippen LogP contribution < -0.4 is 16.2 Å². The molecule has 1 aliphatic carbocycles. The summed E-state index contributed by atoms with van der Waals surface area (Å²) in [5.41, 5.74) is 16.6. The Bertz CT molecular complexity index is 798. The first-order valence-corrected chi connectivity index (χ1v) is 11.3. The van der Waals surface area contributed by atoms with Gasteiger partial charge in [-0.05, 0) is 73.9 Å². The minimum Gasteiger partial charge on any atom is -0.494 e. The van der Waals surface area contributed by atoms with Gasteiger partial charge >= 0.3 is 0 Å². The molecule has 3 heteroatoms. The maximum absolute atomic E-state index is 5.50. The number of rotatable bonds is 6. The van der Waals surface area contributed by atoms with Crippen molar-refractivity contribution in [3.63, 3.8) is 0 Å². The molecule has 2 aromatic rings. The Morgan fingerprint density at radius 1 is 0.900 bits per heavy atom. The van der Waals surface area contributed by atoms with Gasteiger partial charge in [-0.3, -0.25) is 0 Å². The molecule has 162 valence electrons. The highest BCUT2D eigenvalue weighted by atomic mass is 16.5. The van der Waals surface area contributed by atoms with Crippen molar-refractivity contribution < 1.29 is 4.74 Å². The largest absolute Gasteiger partial charge is 0.494 e. The first-order chi connectivity index (χ1) is 14.6. The average molecular weight is 407 g/mol. The van der Waals surface area contributed by atoms with E-state index in [9.17, 15) is 0 Å². The zero-order chi connectivity index (χ0) is 21.8. The zero-order valence-corrected chi connectivity index (χ0v) is 18.9. The molecule has 4 N–H and O–H groups in total. The number of benzene rings is 2. The summed E-state index contributed by atoms with van der Waals surface area (Å²) in [5.74, 6) is 1.73. The van der Waals surface area contributed by atoms with Gasteiger partial charge in [0.25, 0.3) is 0 Å². The van der Waals surface area contributed by atoms with Crippen LogP contribution in [-0.2, 0) is 0 Å². The van der Waals surface area contributed by atoms with E-state index in [-0.39, 0.29) is 0 Å². The predicted octanol–water partition coefficient (Wildman–Crippen LogP) is 6.90. The molecule has 3 nitrogen and oxygen atoms in total. The summed E-state index contributed by atoms with van der Waals surface area (Å²) in [7, 11) is 0. The van der Waals surface area contributed by atoms with Crippen LogP contribution in [0, 0.1) is 0 Å². The highest BCUT2D eigenvalue weighted by molar-refractivity contribution is 5.64. The molecule has 1 fully saturated rings. The molecule has 1 aliphatic rings. The monoisotopic (exact) mass is 406 g/mol. The van der Waals surface area contributed by atoms with Crippen LogP contribution in [0.3, 0.4) is 0 Å². The fraction of sp³-hybridized carbons (Fsp3) is 0.407. The smallest absolute Gasteiger partial charge is 0.119 e. The number of ether oxygens (including phenoxy) is 1. The molecule has 0 bridgehead atoms. The molecule has 0 unspecified atom stereocenters. The maximum atomic E-state index is 5.50. The van der Waals surface area contributed by atoms with Crippen LogP contribution in [0.4, 0.5) is 0 Å². The summed E-state index contributed by atoms with van der Waals surface area (Å²) in [6, 6.07) is 17.5. The quantitative estimate of drug-likeness (QED) is 0.513. The lowest BCUT2D eigenvalue weighted by molar-refractivity contribution is 0.340. The van der Waals surface area contributed by atoms with Gasteiger partial charge in [0.15, 0.2) is 0 Å². The van der Waals surface area contributed by atoms with Crippen molar-refractivity contribution in [2.24, 2.45) is 11.5 Å². The van der Waals surface area contributed by atoms with E-state index in [0.29, 0.717) is 0 Å². The topological polar surface area (TPSA) is 61.3 Å². The Balaban J connectivity index is 0.000000303. The molecule has 0 saturated heterocycles. The zero-order valence-electron chi connectivity index (χ0n) is 18.9. The molecule has 0 spiro atoms. The third-order valence-electron chi connectivity index (χ3n) is 5.58.